The van der Waals surface area contributed by atoms with Crippen LogP contribution >= 0.6 is 11.8 Å². The SMILES string of the molecule is C=C(CCCC(CCC)c1ccccc1)SC1C=C(C)C(C)=CC1C. The third-order valence-corrected chi connectivity index (χ3v) is 6.66. The normalized spacial score (nSPS) is 21.4. The van der Waals surface area contributed by atoms with E-state index in [0.29, 0.717) is 17.1 Å². The van der Waals surface area contributed by atoms with Crippen LogP contribution in [0.3, 0.4) is 0 Å². The smallest absolute Gasteiger partial charge is 0.0337 e. The maximum absolute atomic E-state index is 4.36. The van der Waals surface area contributed by atoms with Crippen LogP contribution in [-0.2, 0) is 0 Å². The summed E-state index contributed by atoms with van der Waals surface area (Å²) in [7, 11) is 0. The van der Waals surface area contributed by atoms with Crippen molar-refractivity contribution in [2.24, 2.45) is 5.92 Å². The number of rotatable bonds is 9. The Hall–Kier alpha value is -1.21. The summed E-state index contributed by atoms with van der Waals surface area (Å²) in [5, 5.41) is 0.553. The topological polar surface area (TPSA) is 0 Å². The second-order valence-electron chi connectivity index (χ2n) is 7.47. The van der Waals surface area contributed by atoms with Gasteiger partial charge in [0.2, 0.25) is 0 Å². The Morgan fingerprint density at radius 3 is 2.44 bits per heavy atom. The van der Waals surface area contributed by atoms with Crippen LogP contribution in [0.5, 0.6) is 0 Å². The van der Waals surface area contributed by atoms with E-state index in [1.165, 1.54) is 47.3 Å². The fourth-order valence-electron chi connectivity index (χ4n) is 3.64. The Labute approximate surface area is 159 Å². The van der Waals surface area contributed by atoms with Crippen LogP contribution in [0, 0.1) is 5.92 Å². The van der Waals surface area contributed by atoms with Crippen molar-refractivity contribution >= 4 is 11.8 Å². The highest BCUT2D eigenvalue weighted by Gasteiger charge is 2.20. The molecule has 0 bridgehead atoms. The van der Waals surface area contributed by atoms with E-state index >= 15 is 0 Å². The molecule has 136 valence electrons. The first-order valence-corrected chi connectivity index (χ1v) is 10.7. The quantitative estimate of drug-likeness (QED) is 0.434. The Morgan fingerprint density at radius 2 is 1.76 bits per heavy atom. The zero-order valence-corrected chi connectivity index (χ0v) is 17.2. The molecule has 0 amide bonds. The molecule has 3 atom stereocenters. The predicted octanol–water partition coefficient (Wildman–Crippen LogP) is 7.90. The lowest BCUT2D eigenvalue weighted by Crippen LogP contribution is -2.14. The molecule has 1 aromatic rings. The summed E-state index contributed by atoms with van der Waals surface area (Å²) in [5.74, 6) is 1.30. The van der Waals surface area contributed by atoms with Gasteiger partial charge in [-0.3, -0.25) is 0 Å². The summed E-state index contributed by atoms with van der Waals surface area (Å²) < 4.78 is 0. The molecule has 0 heterocycles. The molecule has 25 heavy (non-hydrogen) atoms. The molecule has 0 aliphatic heterocycles. The summed E-state index contributed by atoms with van der Waals surface area (Å²) in [6.07, 6.45) is 11.0. The Bertz CT molecular complexity index is 608. The van der Waals surface area contributed by atoms with Crippen molar-refractivity contribution in [1.82, 2.24) is 0 Å². The monoisotopic (exact) mass is 354 g/mol. The molecule has 0 fully saturated rings. The first-order valence-electron chi connectivity index (χ1n) is 9.77. The van der Waals surface area contributed by atoms with Gasteiger partial charge >= 0.3 is 0 Å². The first-order chi connectivity index (χ1) is 12.0. The Kier molecular flexibility index (Phi) is 8.09. The Balaban J connectivity index is 1.81. The lowest BCUT2D eigenvalue weighted by molar-refractivity contribution is 0.548. The van der Waals surface area contributed by atoms with Crippen molar-refractivity contribution in [1.29, 1.82) is 0 Å². The van der Waals surface area contributed by atoms with Gasteiger partial charge in [0, 0.05) is 5.25 Å². The van der Waals surface area contributed by atoms with Crippen LogP contribution in [-0.4, -0.2) is 5.25 Å². The van der Waals surface area contributed by atoms with Crippen molar-refractivity contribution in [2.45, 2.75) is 71.0 Å². The van der Waals surface area contributed by atoms with Crippen molar-refractivity contribution < 1.29 is 0 Å². The van der Waals surface area contributed by atoms with Gasteiger partial charge in [0.15, 0.2) is 0 Å². The zero-order chi connectivity index (χ0) is 18.2. The van der Waals surface area contributed by atoms with Gasteiger partial charge in [0.25, 0.3) is 0 Å². The fraction of sp³-hybridized carbons (Fsp3) is 0.500. The number of allylic oxidation sites excluding steroid dienone is 4. The number of thioether (sulfide) groups is 1. The number of hydrogen-bond donors (Lipinski definition) is 0. The average Bonchev–Trinajstić information content (AvgIpc) is 2.59. The molecule has 0 saturated heterocycles. The highest BCUT2D eigenvalue weighted by Crippen LogP contribution is 2.36. The highest BCUT2D eigenvalue weighted by molar-refractivity contribution is 8.03. The molecule has 1 aliphatic rings. The van der Waals surface area contributed by atoms with Gasteiger partial charge in [-0.15, -0.1) is 11.8 Å². The van der Waals surface area contributed by atoms with Gasteiger partial charge in [0.1, 0.15) is 0 Å². The lowest BCUT2D eigenvalue weighted by Gasteiger charge is -2.25. The van der Waals surface area contributed by atoms with Gasteiger partial charge in [-0.1, -0.05) is 80.5 Å². The number of benzene rings is 1. The third kappa shape index (κ3) is 6.22. The molecule has 0 aromatic heterocycles. The fourth-order valence-corrected chi connectivity index (χ4v) is 4.85. The van der Waals surface area contributed by atoms with Crippen LogP contribution in [0.4, 0.5) is 0 Å². The number of hydrogen-bond acceptors (Lipinski definition) is 1. The molecular weight excluding hydrogens is 320 g/mol. The highest BCUT2D eigenvalue weighted by atomic mass is 32.2. The van der Waals surface area contributed by atoms with E-state index in [2.05, 4.69) is 76.8 Å². The Morgan fingerprint density at radius 1 is 1.08 bits per heavy atom. The van der Waals surface area contributed by atoms with Crippen molar-refractivity contribution in [3.05, 3.63) is 70.7 Å². The van der Waals surface area contributed by atoms with E-state index in [4.69, 9.17) is 0 Å². The molecule has 1 aromatic carbocycles. The largest absolute Gasteiger partial charge is 0.123 e. The summed E-state index contributed by atoms with van der Waals surface area (Å²) in [6.45, 7) is 13.4. The van der Waals surface area contributed by atoms with Gasteiger partial charge < -0.3 is 0 Å². The van der Waals surface area contributed by atoms with Gasteiger partial charge in [0.05, 0.1) is 0 Å². The summed E-state index contributed by atoms with van der Waals surface area (Å²) >= 11 is 1.98. The van der Waals surface area contributed by atoms with Gasteiger partial charge in [-0.2, -0.15) is 0 Å². The zero-order valence-electron chi connectivity index (χ0n) is 16.4. The predicted molar refractivity (Wildman–Crippen MR) is 115 cm³/mol. The molecule has 0 spiro atoms. The summed E-state index contributed by atoms with van der Waals surface area (Å²) in [4.78, 5) is 1.34. The van der Waals surface area contributed by atoms with Crippen LogP contribution in [0.2, 0.25) is 0 Å². The van der Waals surface area contributed by atoms with E-state index < -0.39 is 0 Å². The molecular formula is C24H34S. The van der Waals surface area contributed by atoms with Crippen LogP contribution in [0.1, 0.15) is 71.3 Å². The van der Waals surface area contributed by atoms with Crippen LogP contribution in [0.15, 0.2) is 65.1 Å². The second kappa shape index (κ2) is 10.1. The minimum absolute atomic E-state index is 0.553. The lowest BCUT2D eigenvalue weighted by atomic mass is 9.90. The van der Waals surface area contributed by atoms with Gasteiger partial charge in [-0.25, -0.2) is 0 Å². The maximum Gasteiger partial charge on any atom is 0.0337 e. The molecule has 0 saturated carbocycles. The molecule has 1 heteroatoms. The standard InChI is InChI=1S/C24H34S/c1-6-11-22(23-13-8-7-9-14-23)15-10-12-21(5)25-24-17-19(3)18(2)16-20(24)4/h7-9,13-14,16-17,20,22,24H,5-6,10-12,15H2,1-4H3. The van der Waals surface area contributed by atoms with E-state index in [-0.39, 0.29) is 0 Å². The maximum atomic E-state index is 4.36. The summed E-state index contributed by atoms with van der Waals surface area (Å²) in [5.41, 5.74) is 4.36. The van der Waals surface area contributed by atoms with E-state index in [1.54, 1.807) is 0 Å². The second-order valence-corrected chi connectivity index (χ2v) is 8.83. The van der Waals surface area contributed by atoms with Gasteiger partial charge in [-0.05, 0) is 61.8 Å². The van der Waals surface area contributed by atoms with E-state index in [1.807, 2.05) is 11.8 Å². The van der Waals surface area contributed by atoms with Crippen molar-refractivity contribution in [3.63, 3.8) is 0 Å². The van der Waals surface area contributed by atoms with E-state index in [0.717, 1.165) is 6.42 Å². The molecule has 3 unspecified atom stereocenters. The molecule has 1 aliphatic carbocycles. The molecule has 0 nitrogen and oxygen atoms in total. The molecule has 2 rings (SSSR count). The average molecular weight is 355 g/mol. The van der Waals surface area contributed by atoms with Crippen molar-refractivity contribution in [2.75, 3.05) is 0 Å². The molecule has 0 radical (unpaired) electrons. The molecule has 0 N–H and O–H groups in total. The minimum atomic E-state index is 0.553. The van der Waals surface area contributed by atoms with Crippen LogP contribution < -0.4 is 0 Å². The third-order valence-electron chi connectivity index (χ3n) is 5.29. The van der Waals surface area contributed by atoms with E-state index in [9.17, 15) is 0 Å². The van der Waals surface area contributed by atoms with Crippen LogP contribution in [0.25, 0.3) is 0 Å². The summed E-state index contributed by atoms with van der Waals surface area (Å²) in [6, 6.07) is 11.0. The first kappa shape index (κ1) is 20.1. The van der Waals surface area contributed by atoms with Crippen molar-refractivity contribution in [3.8, 4) is 0 Å². The minimum Gasteiger partial charge on any atom is -0.123 e.